The highest BCUT2D eigenvalue weighted by atomic mass is 127. The number of benzene rings is 2. The van der Waals surface area contributed by atoms with E-state index in [9.17, 15) is 13.2 Å². The van der Waals surface area contributed by atoms with Crippen LogP contribution in [-0.2, 0) is 10.0 Å². The van der Waals surface area contributed by atoms with E-state index in [4.69, 9.17) is 0 Å². The SMILES string of the molecule is CCN(CC)S(=O)(=O)c1cccc(C(=O)Nc2cccc(I)c2)c1. The standard InChI is InChI=1S/C17H19IN2O3S/c1-3-20(4-2)24(22,23)16-10-5-7-13(11-16)17(21)19-15-9-6-8-14(18)12-15/h5-12H,3-4H2,1-2H3,(H,19,21). The molecule has 0 saturated heterocycles. The van der Waals surface area contributed by atoms with E-state index < -0.39 is 10.0 Å². The van der Waals surface area contributed by atoms with Crippen LogP contribution in [0.15, 0.2) is 53.4 Å². The first kappa shape index (κ1) is 18.9. The minimum Gasteiger partial charge on any atom is -0.322 e. The summed E-state index contributed by atoms with van der Waals surface area (Å²) in [5, 5.41) is 2.78. The lowest BCUT2D eigenvalue weighted by Gasteiger charge is -2.18. The van der Waals surface area contributed by atoms with Gasteiger partial charge in [-0.1, -0.05) is 26.0 Å². The number of hydrogen-bond donors (Lipinski definition) is 1. The quantitative estimate of drug-likeness (QED) is 0.674. The van der Waals surface area contributed by atoms with Gasteiger partial charge in [-0.2, -0.15) is 4.31 Å². The van der Waals surface area contributed by atoms with Crippen molar-refractivity contribution < 1.29 is 13.2 Å². The van der Waals surface area contributed by atoms with Crippen LogP contribution in [0.4, 0.5) is 5.69 Å². The average molecular weight is 458 g/mol. The van der Waals surface area contributed by atoms with Crippen molar-refractivity contribution in [1.29, 1.82) is 0 Å². The van der Waals surface area contributed by atoms with Gasteiger partial charge < -0.3 is 5.32 Å². The molecule has 0 heterocycles. The molecule has 0 aliphatic carbocycles. The number of rotatable bonds is 6. The second-order valence-electron chi connectivity index (χ2n) is 5.08. The molecule has 0 bridgehead atoms. The number of nitrogens with one attached hydrogen (secondary N) is 1. The first-order valence-corrected chi connectivity index (χ1v) is 10.1. The van der Waals surface area contributed by atoms with Crippen LogP contribution in [0.5, 0.6) is 0 Å². The zero-order chi connectivity index (χ0) is 17.7. The Kier molecular flexibility index (Phi) is 6.36. The summed E-state index contributed by atoms with van der Waals surface area (Å²) < 4.78 is 27.5. The molecule has 5 nitrogen and oxygen atoms in total. The van der Waals surface area contributed by atoms with Gasteiger partial charge in [-0.3, -0.25) is 4.79 Å². The van der Waals surface area contributed by atoms with Gasteiger partial charge in [-0.05, 0) is 59.0 Å². The molecule has 24 heavy (non-hydrogen) atoms. The van der Waals surface area contributed by atoms with Crippen LogP contribution < -0.4 is 5.32 Å². The normalized spacial score (nSPS) is 11.5. The largest absolute Gasteiger partial charge is 0.322 e. The van der Waals surface area contributed by atoms with Crippen molar-refractivity contribution in [3.63, 3.8) is 0 Å². The Morgan fingerprint density at radius 3 is 2.38 bits per heavy atom. The molecule has 2 rings (SSSR count). The number of nitrogens with zero attached hydrogens (tertiary/aromatic N) is 1. The topological polar surface area (TPSA) is 66.5 Å². The Hall–Kier alpha value is -1.45. The number of amides is 1. The van der Waals surface area contributed by atoms with Gasteiger partial charge in [0.05, 0.1) is 4.90 Å². The minimum absolute atomic E-state index is 0.126. The Morgan fingerprint density at radius 1 is 1.08 bits per heavy atom. The van der Waals surface area contributed by atoms with Crippen molar-refractivity contribution in [2.24, 2.45) is 0 Å². The summed E-state index contributed by atoms with van der Waals surface area (Å²) in [6.07, 6.45) is 0. The fourth-order valence-electron chi connectivity index (χ4n) is 2.28. The van der Waals surface area contributed by atoms with E-state index >= 15 is 0 Å². The van der Waals surface area contributed by atoms with Crippen molar-refractivity contribution in [3.05, 3.63) is 57.7 Å². The third-order valence-electron chi connectivity index (χ3n) is 3.52. The van der Waals surface area contributed by atoms with E-state index in [2.05, 4.69) is 27.9 Å². The smallest absolute Gasteiger partial charge is 0.255 e. The lowest BCUT2D eigenvalue weighted by atomic mass is 10.2. The van der Waals surface area contributed by atoms with E-state index in [1.165, 1.54) is 16.4 Å². The molecule has 0 spiro atoms. The lowest BCUT2D eigenvalue weighted by molar-refractivity contribution is 0.102. The molecular formula is C17H19IN2O3S. The molecule has 0 aromatic heterocycles. The highest BCUT2D eigenvalue weighted by Crippen LogP contribution is 2.18. The summed E-state index contributed by atoms with van der Waals surface area (Å²) in [5.41, 5.74) is 0.978. The zero-order valence-corrected chi connectivity index (χ0v) is 16.5. The molecular weight excluding hydrogens is 439 g/mol. The first-order valence-electron chi connectivity index (χ1n) is 7.55. The van der Waals surface area contributed by atoms with Gasteiger partial charge in [0, 0.05) is 27.9 Å². The fraction of sp³-hybridized carbons (Fsp3) is 0.235. The maximum atomic E-state index is 12.6. The molecule has 0 aliphatic heterocycles. The number of hydrogen-bond acceptors (Lipinski definition) is 3. The van der Waals surface area contributed by atoms with Crippen molar-refractivity contribution >= 4 is 44.2 Å². The molecule has 2 aromatic carbocycles. The second kappa shape index (κ2) is 8.09. The Morgan fingerprint density at radius 2 is 1.75 bits per heavy atom. The van der Waals surface area contributed by atoms with Gasteiger partial charge in [-0.25, -0.2) is 8.42 Å². The predicted octanol–water partition coefficient (Wildman–Crippen LogP) is 3.57. The molecule has 0 atom stereocenters. The Balaban J connectivity index is 2.28. The number of anilines is 1. The van der Waals surface area contributed by atoms with Crippen LogP contribution in [0.25, 0.3) is 0 Å². The molecule has 2 aromatic rings. The van der Waals surface area contributed by atoms with Crippen molar-refractivity contribution in [1.82, 2.24) is 4.31 Å². The number of carbonyl (C=O) groups is 1. The van der Waals surface area contributed by atoms with Crippen LogP contribution in [0, 0.1) is 3.57 Å². The van der Waals surface area contributed by atoms with E-state index in [0.717, 1.165) is 3.57 Å². The van der Waals surface area contributed by atoms with Crippen molar-refractivity contribution in [2.75, 3.05) is 18.4 Å². The van der Waals surface area contributed by atoms with Crippen LogP contribution in [0.1, 0.15) is 24.2 Å². The summed E-state index contributed by atoms with van der Waals surface area (Å²) in [7, 11) is -3.58. The van der Waals surface area contributed by atoms with Crippen LogP contribution >= 0.6 is 22.6 Å². The van der Waals surface area contributed by atoms with Crippen molar-refractivity contribution in [2.45, 2.75) is 18.7 Å². The van der Waals surface area contributed by atoms with E-state index in [1.807, 2.05) is 18.2 Å². The molecule has 0 unspecified atom stereocenters. The molecule has 0 aliphatic rings. The van der Waals surface area contributed by atoms with Gasteiger partial charge in [0.25, 0.3) is 5.91 Å². The average Bonchev–Trinajstić information content (AvgIpc) is 2.56. The maximum Gasteiger partial charge on any atom is 0.255 e. The van der Waals surface area contributed by atoms with E-state index in [0.29, 0.717) is 24.3 Å². The van der Waals surface area contributed by atoms with Gasteiger partial charge in [0.15, 0.2) is 0 Å². The van der Waals surface area contributed by atoms with Crippen LogP contribution in [-0.4, -0.2) is 31.7 Å². The second-order valence-corrected chi connectivity index (χ2v) is 8.27. The van der Waals surface area contributed by atoms with Gasteiger partial charge in [0.2, 0.25) is 10.0 Å². The lowest BCUT2D eigenvalue weighted by Crippen LogP contribution is -2.30. The Bertz CT molecular complexity index is 833. The summed E-state index contributed by atoms with van der Waals surface area (Å²) in [6, 6.07) is 13.5. The van der Waals surface area contributed by atoms with Gasteiger partial charge >= 0.3 is 0 Å². The summed E-state index contributed by atoms with van der Waals surface area (Å²) in [4.78, 5) is 12.5. The summed E-state index contributed by atoms with van der Waals surface area (Å²) >= 11 is 2.16. The molecule has 0 fully saturated rings. The number of carbonyl (C=O) groups excluding carboxylic acids is 1. The maximum absolute atomic E-state index is 12.6. The van der Waals surface area contributed by atoms with Gasteiger partial charge in [-0.15, -0.1) is 0 Å². The summed E-state index contributed by atoms with van der Waals surface area (Å²) in [6.45, 7) is 4.35. The van der Waals surface area contributed by atoms with Crippen molar-refractivity contribution in [3.8, 4) is 0 Å². The molecule has 0 radical (unpaired) electrons. The molecule has 0 saturated carbocycles. The first-order chi connectivity index (χ1) is 11.4. The summed E-state index contributed by atoms with van der Waals surface area (Å²) in [5.74, 6) is -0.339. The third-order valence-corrected chi connectivity index (χ3v) is 6.24. The zero-order valence-electron chi connectivity index (χ0n) is 13.5. The van der Waals surface area contributed by atoms with E-state index in [-0.39, 0.29) is 10.8 Å². The van der Waals surface area contributed by atoms with Crippen LogP contribution in [0.2, 0.25) is 0 Å². The predicted molar refractivity (Wildman–Crippen MR) is 104 cm³/mol. The van der Waals surface area contributed by atoms with Crippen LogP contribution in [0.3, 0.4) is 0 Å². The number of halogens is 1. The fourth-order valence-corrected chi connectivity index (χ4v) is 4.33. The molecule has 7 heteroatoms. The Labute approximate surface area is 156 Å². The molecule has 128 valence electrons. The van der Waals surface area contributed by atoms with E-state index in [1.54, 1.807) is 32.0 Å². The third kappa shape index (κ3) is 4.34. The molecule has 1 amide bonds. The molecule has 1 N–H and O–H groups in total. The monoisotopic (exact) mass is 458 g/mol. The van der Waals surface area contributed by atoms with Gasteiger partial charge in [0.1, 0.15) is 0 Å². The highest BCUT2D eigenvalue weighted by Gasteiger charge is 2.22. The highest BCUT2D eigenvalue weighted by molar-refractivity contribution is 14.1. The minimum atomic E-state index is -3.58. The number of sulfonamides is 1.